The minimum atomic E-state index is 0.966. The van der Waals surface area contributed by atoms with Crippen molar-refractivity contribution in [3.05, 3.63) is 0 Å². The Morgan fingerprint density at radius 2 is 1.00 bits per heavy atom. The van der Waals surface area contributed by atoms with E-state index < -0.39 is 0 Å². The Morgan fingerprint density at radius 3 is 1.25 bits per heavy atom. The monoisotopic (exact) mass is 216 g/mol. The second kappa shape index (κ2) is 3.68. The van der Waals surface area contributed by atoms with Gasteiger partial charge in [-0.1, -0.05) is 24.4 Å². The largest absolute Gasteiger partial charge is 0.126 e. The molecular formula is C2S6. The van der Waals surface area contributed by atoms with Gasteiger partial charge in [0.05, 0.1) is 0 Å². The Morgan fingerprint density at radius 1 is 0.750 bits per heavy atom. The van der Waals surface area contributed by atoms with Gasteiger partial charge in [-0.25, -0.2) is 0 Å². The summed E-state index contributed by atoms with van der Waals surface area (Å²) in [5, 5.41) is 0. The molecule has 0 aromatic rings. The average molecular weight is 216 g/mol. The van der Waals surface area contributed by atoms with E-state index in [1.807, 2.05) is 0 Å². The van der Waals surface area contributed by atoms with Crippen LogP contribution in [0.3, 0.4) is 0 Å². The van der Waals surface area contributed by atoms with Gasteiger partial charge in [0.1, 0.15) is 7.06 Å². The zero-order chi connectivity index (χ0) is 5.98. The van der Waals surface area contributed by atoms with E-state index in [9.17, 15) is 0 Å². The summed E-state index contributed by atoms with van der Waals surface area (Å²) in [6.45, 7) is 0. The maximum absolute atomic E-state index is 4.88. The minimum Gasteiger partial charge on any atom is -0.0630 e. The molecule has 44 valence electrons. The van der Waals surface area contributed by atoms with E-state index in [0.717, 1.165) is 7.06 Å². The molecule has 0 nitrogen and oxygen atoms in total. The van der Waals surface area contributed by atoms with Gasteiger partial charge in [0.15, 0.2) is 0 Å². The second-order valence-electron chi connectivity index (χ2n) is 0.833. The second-order valence-corrected chi connectivity index (χ2v) is 7.50. The van der Waals surface area contributed by atoms with Crippen LogP contribution in [0.25, 0.3) is 0 Å². The van der Waals surface area contributed by atoms with Crippen LogP contribution >= 0.6 is 67.6 Å². The third kappa shape index (κ3) is 2.45. The van der Waals surface area contributed by atoms with Gasteiger partial charge in [0.25, 0.3) is 0 Å². The summed E-state index contributed by atoms with van der Waals surface area (Å²) in [5.74, 6) is 0. The van der Waals surface area contributed by atoms with Crippen molar-refractivity contribution in [3.8, 4) is 0 Å². The van der Waals surface area contributed by atoms with E-state index >= 15 is 0 Å². The molecule has 1 fully saturated rings. The molecular weight excluding hydrogens is 216 g/mol. The predicted octanol–water partition coefficient (Wildman–Crippen LogP) is 3.33. The molecule has 1 rings (SSSR count). The maximum atomic E-state index is 4.88. The molecule has 1 heterocycles. The molecule has 0 aromatic heterocycles. The summed E-state index contributed by atoms with van der Waals surface area (Å²) in [6, 6.07) is 0. The Bertz CT molecular complexity index is 98.5. The minimum absolute atomic E-state index is 0.966. The molecule has 0 spiro atoms. The molecule has 1 saturated heterocycles. The molecule has 0 unspecified atom stereocenters. The van der Waals surface area contributed by atoms with Crippen molar-refractivity contribution in [2.75, 3.05) is 0 Å². The lowest BCUT2D eigenvalue weighted by molar-refractivity contribution is 4.07. The summed E-state index contributed by atoms with van der Waals surface area (Å²) >= 11 is 9.77. The van der Waals surface area contributed by atoms with E-state index in [2.05, 4.69) is 0 Å². The summed E-state index contributed by atoms with van der Waals surface area (Å²) in [4.78, 5) is 0. The van der Waals surface area contributed by atoms with E-state index in [-0.39, 0.29) is 0 Å². The van der Waals surface area contributed by atoms with Crippen LogP contribution in [0.4, 0.5) is 0 Å². The third-order valence-electron chi connectivity index (χ3n) is 0.355. The van der Waals surface area contributed by atoms with Gasteiger partial charge in [0.2, 0.25) is 0 Å². The predicted molar refractivity (Wildman–Crippen MR) is 55.6 cm³/mol. The van der Waals surface area contributed by atoms with Crippen LogP contribution in [0.1, 0.15) is 0 Å². The van der Waals surface area contributed by atoms with Gasteiger partial charge >= 0.3 is 0 Å². The van der Waals surface area contributed by atoms with Gasteiger partial charge in [-0.2, -0.15) is 0 Å². The molecule has 0 amide bonds. The highest BCUT2D eigenvalue weighted by atomic mass is 33.2. The number of rotatable bonds is 0. The van der Waals surface area contributed by atoms with Crippen molar-refractivity contribution in [2.45, 2.75) is 0 Å². The van der Waals surface area contributed by atoms with Crippen molar-refractivity contribution in [2.24, 2.45) is 0 Å². The van der Waals surface area contributed by atoms with E-state index in [0.29, 0.717) is 0 Å². The first-order valence-electron chi connectivity index (χ1n) is 1.56. The number of thiocarbonyl (C=S) groups is 2. The number of hydrogen-bond donors (Lipinski definition) is 0. The van der Waals surface area contributed by atoms with Gasteiger partial charge in [0, 0.05) is 0 Å². The Hall–Kier alpha value is 1.58. The lowest BCUT2D eigenvalue weighted by Gasteiger charge is -2.06. The molecule has 1 aliphatic rings. The first-order chi connectivity index (χ1) is 3.79. The molecule has 8 heavy (non-hydrogen) atoms. The molecule has 0 bridgehead atoms. The van der Waals surface area contributed by atoms with Crippen molar-refractivity contribution in [1.82, 2.24) is 0 Å². The van der Waals surface area contributed by atoms with Gasteiger partial charge in [-0.15, -0.1) is 0 Å². The first kappa shape index (κ1) is 7.68. The molecule has 0 radical (unpaired) electrons. The van der Waals surface area contributed by atoms with Crippen molar-refractivity contribution < 1.29 is 0 Å². The number of hydrogen-bond acceptors (Lipinski definition) is 6. The van der Waals surface area contributed by atoms with Crippen LogP contribution in [-0.2, 0) is 0 Å². The fraction of sp³-hybridized carbons (Fsp3) is 0. The van der Waals surface area contributed by atoms with Crippen LogP contribution in [-0.4, -0.2) is 7.06 Å². The summed E-state index contributed by atoms with van der Waals surface area (Å²) in [7, 11) is 6.30. The topological polar surface area (TPSA) is 0 Å². The molecule has 0 atom stereocenters. The summed E-state index contributed by atoms with van der Waals surface area (Å²) in [5.41, 5.74) is 0. The molecule has 6 heteroatoms. The van der Waals surface area contributed by atoms with Crippen LogP contribution in [0, 0.1) is 0 Å². The van der Waals surface area contributed by atoms with Crippen LogP contribution in [0.15, 0.2) is 0 Å². The molecule has 0 aliphatic carbocycles. The van der Waals surface area contributed by atoms with E-state index in [1.54, 1.807) is 43.2 Å². The standard InChI is InChI=1S/C2S6/c3-1-5-7-2(4)8-6-1. The third-order valence-corrected chi connectivity index (χ3v) is 8.10. The van der Waals surface area contributed by atoms with Crippen LogP contribution in [0.2, 0.25) is 0 Å². The fourth-order valence-electron chi connectivity index (χ4n) is 0.164. The lowest BCUT2D eigenvalue weighted by Crippen LogP contribution is -1.83. The first-order valence-corrected chi connectivity index (χ1v) is 6.67. The van der Waals surface area contributed by atoms with Crippen molar-refractivity contribution >= 4 is 74.7 Å². The average Bonchev–Trinajstić information content (AvgIpc) is 1.77. The van der Waals surface area contributed by atoms with Gasteiger partial charge < -0.3 is 0 Å². The highest BCUT2D eigenvalue weighted by Gasteiger charge is 2.11. The SMILES string of the molecule is S=C1SSC(=S)SS1. The Labute approximate surface area is 74.1 Å². The Kier molecular flexibility index (Phi) is 3.53. The van der Waals surface area contributed by atoms with E-state index in [1.165, 1.54) is 0 Å². The molecule has 1 aliphatic heterocycles. The fourth-order valence-corrected chi connectivity index (χ4v) is 5.92. The zero-order valence-electron chi connectivity index (χ0n) is 3.45. The normalized spacial score (nSPS) is 21.5. The van der Waals surface area contributed by atoms with Crippen molar-refractivity contribution in [3.63, 3.8) is 0 Å². The van der Waals surface area contributed by atoms with Crippen molar-refractivity contribution in [1.29, 1.82) is 0 Å². The zero-order valence-corrected chi connectivity index (χ0v) is 8.35. The van der Waals surface area contributed by atoms with Crippen LogP contribution in [0.5, 0.6) is 0 Å². The molecule has 0 saturated carbocycles. The quantitative estimate of drug-likeness (QED) is 0.447. The lowest BCUT2D eigenvalue weighted by atomic mass is 11.9. The molecule has 0 N–H and O–H groups in total. The maximum Gasteiger partial charge on any atom is 0.126 e. The smallest absolute Gasteiger partial charge is 0.0630 e. The van der Waals surface area contributed by atoms with Crippen LogP contribution < -0.4 is 0 Å². The highest BCUT2D eigenvalue weighted by molar-refractivity contribution is 9.12. The Balaban J connectivity index is 2.40. The molecule has 0 aromatic carbocycles. The van der Waals surface area contributed by atoms with Gasteiger partial charge in [-0.3, -0.25) is 0 Å². The summed E-state index contributed by atoms with van der Waals surface area (Å²) in [6.07, 6.45) is 0. The van der Waals surface area contributed by atoms with E-state index in [4.69, 9.17) is 24.4 Å². The summed E-state index contributed by atoms with van der Waals surface area (Å²) < 4.78 is 1.93. The highest BCUT2D eigenvalue weighted by Crippen LogP contribution is 2.46. The van der Waals surface area contributed by atoms with Gasteiger partial charge in [-0.05, 0) is 43.2 Å².